The van der Waals surface area contributed by atoms with Crippen LogP contribution in [0.1, 0.15) is 10.5 Å². The van der Waals surface area contributed by atoms with Crippen LogP contribution in [0.5, 0.6) is 0 Å². The molecule has 3 aromatic carbocycles. The second-order valence-electron chi connectivity index (χ2n) is 6.86. The maximum Gasteiger partial charge on any atom is 0.265 e. The average Bonchev–Trinajstić information content (AvgIpc) is 3.41. The molecule has 5 aromatic rings. The van der Waals surface area contributed by atoms with Gasteiger partial charge in [-0.2, -0.15) is 0 Å². The number of nitrogens with zero attached hydrogens (tertiary/aromatic N) is 2. The third-order valence-corrected chi connectivity index (χ3v) is 5.01. The number of carbonyl (C=O) groups is 1. The SMILES string of the molecule is NC(=O)c1cccn1-c1ccc(-c2nc3ccc(-c4ccccc4)cc3[nH]2)cc1. The van der Waals surface area contributed by atoms with Crippen molar-refractivity contribution in [3.05, 3.63) is 96.8 Å². The van der Waals surface area contributed by atoms with E-state index in [1.54, 1.807) is 16.7 Å². The highest BCUT2D eigenvalue weighted by molar-refractivity contribution is 5.92. The summed E-state index contributed by atoms with van der Waals surface area (Å²) in [6.45, 7) is 0. The van der Waals surface area contributed by atoms with Gasteiger partial charge in [0.05, 0.1) is 11.0 Å². The molecular formula is C24H18N4O. The second kappa shape index (κ2) is 6.80. The molecule has 0 bridgehead atoms. The zero-order chi connectivity index (χ0) is 19.8. The number of aromatic nitrogens is 3. The average molecular weight is 378 g/mol. The summed E-state index contributed by atoms with van der Waals surface area (Å²) in [6.07, 6.45) is 1.82. The summed E-state index contributed by atoms with van der Waals surface area (Å²) in [4.78, 5) is 19.7. The molecule has 0 atom stereocenters. The summed E-state index contributed by atoms with van der Waals surface area (Å²) in [5.74, 6) is 0.352. The number of benzene rings is 3. The zero-order valence-electron chi connectivity index (χ0n) is 15.5. The molecule has 5 rings (SSSR count). The Hall–Kier alpha value is -4.12. The number of carbonyl (C=O) groups excluding carboxylic acids is 1. The fourth-order valence-corrected chi connectivity index (χ4v) is 3.54. The van der Waals surface area contributed by atoms with Gasteiger partial charge in [-0.05, 0) is 59.7 Å². The lowest BCUT2D eigenvalue weighted by Gasteiger charge is -2.07. The maximum atomic E-state index is 11.6. The Bertz CT molecular complexity index is 1310. The number of imidazole rings is 1. The standard InChI is InChI=1S/C24H18N4O/c25-23(29)22-7-4-14-28(22)19-11-8-17(9-12-19)24-26-20-13-10-18(15-21(20)27-24)16-5-2-1-3-6-16/h1-15H,(H2,25,29)(H,26,27). The van der Waals surface area contributed by atoms with E-state index in [4.69, 9.17) is 10.7 Å². The molecule has 5 heteroatoms. The minimum absolute atomic E-state index is 0.453. The van der Waals surface area contributed by atoms with E-state index in [9.17, 15) is 4.79 Å². The van der Waals surface area contributed by atoms with E-state index < -0.39 is 5.91 Å². The van der Waals surface area contributed by atoms with Gasteiger partial charge in [-0.1, -0.05) is 36.4 Å². The number of rotatable bonds is 4. The molecule has 0 radical (unpaired) electrons. The Morgan fingerprint density at radius 2 is 1.59 bits per heavy atom. The van der Waals surface area contributed by atoms with Crippen molar-refractivity contribution in [2.75, 3.05) is 0 Å². The van der Waals surface area contributed by atoms with Crippen LogP contribution in [-0.4, -0.2) is 20.4 Å². The molecule has 5 nitrogen and oxygen atoms in total. The van der Waals surface area contributed by atoms with E-state index >= 15 is 0 Å². The van der Waals surface area contributed by atoms with Crippen LogP contribution < -0.4 is 5.73 Å². The van der Waals surface area contributed by atoms with E-state index in [0.717, 1.165) is 33.7 Å². The van der Waals surface area contributed by atoms with Crippen LogP contribution in [0.3, 0.4) is 0 Å². The van der Waals surface area contributed by atoms with Crippen LogP contribution in [-0.2, 0) is 0 Å². The fourth-order valence-electron chi connectivity index (χ4n) is 3.54. The number of hydrogen-bond acceptors (Lipinski definition) is 2. The first-order chi connectivity index (χ1) is 14.2. The van der Waals surface area contributed by atoms with E-state index in [-0.39, 0.29) is 0 Å². The van der Waals surface area contributed by atoms with Gasteiger partial charge in [-0.15, -0.1) is 0 Å². The lowest BCUT2D eigenvalue weighted by atomic mass is 10.1. The highest BCUT2D eigenvalue weighted by Gasteiger charge is 2.10. The van der Waals surface area contributed by atoms with Crippen LogP contribution in [0.15, 0.2) is 91.1 Å². The zero-order valence-corrected chi connectivity index (χ0v) is 15.5. The van der Waals surface area contributed by atoms with Crippen LogP contribution in [0, 0.1) is 0 Å². The first-order valence-electron chi connectivity index (χ1n) is 9.32. The third kappa shape index (κ3) is 3.08. The molecule has 0 aliphatic carbocycles. The number of nitrogens with one attached hydrogen (secondary N) is 1. The van der Waals surface area contributed by atoms with Crippen molar-refractivity contribution in [3.8, 4) is 28.2 Å². The fraction of sp³-hybridized carbons (Fsp3) is 0. The molecule has 2 aromatic heterocycles. The Balaban J connectivity index is 1.49. The smallest absolute Gasteiger partial charge is 0.265 e. The van der Waals surface area contributed by atoms with Gasteiger partial charge in [0.15, 0.2) is 0 Å². The van der Waals surface area contributed by atoms with Crippen LogP contribution in [0.25, 0.3) is 39.2 Å². The number of fused-ring (bicyclic) bond motifs is 1. The summed E-state index contributed by atoms with van der Waals surface area (Å²) < 4.78 is 1.77. The first-order valence-corrected chi connectivity index (χ1v) is 9.32. The van der Waals surface area contributed by atoms with Gasteiger partial charge < -0.3 is 15.3 Å². The highest BCUT2D eigenvalue weighted by atomic mass is 16.1. The first kappa shape index (κ1) is 17.0. The number of nitrogens with two attached hydrogens (primary N) is 1. The molecule has 29 heavy (non-hydrogen) atoms. The Morgan fingerprint density at radius 1 is 0.828 bits per heavy atom. The van der Waals surface area contributed by atoms with Gasteiger partial charge in [0, 0.05) is 17.4 Å². The molecule has 0 aliphatic heterocycles. The molecule has 0 aliphatic rings. The molecule has 2 heterocycles. The maximum absolute atomic E-state index is 11.6. The predicted molar refractivity (Wildman–Crippen MR) is 115 cm³/mol. The van der Waals surface area contributed by atoms with E-state index in [0.29, 0.717) is 5.69 Å². The van der Waals surface area contributed by atoms with Crippen molar-refractivity contribution in [1.29, 1.82) is 0 Å². The van der Waals surface area contributed by atoms with Gasteiger partial charge in [-0.3, -0.25) is 4.79 Å². The summed E-state index contributed by atoms with van der Waals surface area (Å²) in [5.41, 5.74) is 12.0. The van der Waals surface area contributed by atoms with Crippen molar-refractivity contribution >= 4 is 16.9 Å². The molecule has 1 amide bonds. The summed E-state index contributed by atoms with van der Waals surface area (Å²) in [7, 11) is 0. The van der Waals surface area contributed by atoms with Crippen LogP contribution >= 0.6 is 0 Å². The topological polar surface area (TPSA) is 76.7 Å². The number of H-pyrrole nitrogens is 1. The number of hydrogen-bond donors (Lipinski definition) is 2. The minimum atomic E-state index is -0.453. The van der Waals surface area contributed by atoms with Crippen molar-refractivity contribution in [1.82, 2.24) is 14.5 Å². The van der Waals surface area contributed by atoms with Crippen molar-refractivity contribution in [2.45, 2.75) is 0 Å². The van der Waals surface area contributed by atoms with Gasteiger partial charge >= 0.3 is 0 Å². The number of aromatic amines is 1. The molecule has 0 saturated heterocycles. The van der Waals surface area contributed by atoms with Gasteiger partial charge in [0.2, 0.25) is 0 Å². The summed E-state index contributed by atoms with van der Waals surface area (Å²) in [5, 5.41) is 0. The molecule has 0 unspecified atom stereocenters. The quantitative estimate of drug-likeness (QED) is 0.472. The van der Waals surface area contributed by atoms with Crippen molar-refractivity contribution in [3.63, 3.8) is 0 Å². The van der Waals surface area contributed by atoms with Gasteiger partial charge in [0.1, 0.15) is 11.5 Å². The minimum Gasteiger partial charge on any atom is -0.364 e. The Kier molecular flexibility index (Phi) is 3.99. The Morgan fingerprint density at radius 3 is 2.34 bits per heavy atom. The molecule has 0 fully saturated rings. The summed E-state index contributed by atoms with van der Waals surface area (Å²) in [6, 6.07) is 27.9. The third-order valence-electron chi connectivity index (χ3n) is 5.01. The monoisotopic (exact) mass is 378 g/mol. The van der Waals surface area contributed by atoms with Crippen molar-refractivity contribution in [2.24, 2.45) is 5.73 Å². The van der Waals surface area contributed by atoms with Crippen molar-refractivity contribution < 1.29 is 4.79 Å². The lowest BCUT2D eigenvalue weighted by molar-refractivity contribution is 0.0994. The predicted octanol–water partition coefficient (Wildman–Crippen LogP) is 4.79. The second-order valence-corrected chi connectivity index (χ2v) is 6.86. The van der Waals surface area contributed by atoms with Gasteiger partial charge in [-0.25, -0.2) is 4.98 Å². The molecule has 140 valence electrons. The van der Waals surface area contributed by atoms with E-state index in [2.05, 4.69) is 29.2 Å². The molecule has 0 spiro atoms. The largest absolute Gasteiger partial charge is 0.364 e. The molecule has 0 saturated carbocycles. The molecular weight excluding hydrogens is 360 g/mol. The highest BCUT2D eigenvalue weighted by Crippen LogP contribution is 2.26. The molecule has 3 N–H and O–H groups in total. The van der Waals surface area contributed by atoms with E-state index in [1.165, 1.54) is 5.56 Å². The lowest BCUT2D eigenvalue weighted by Crippen LogP contribution is -2.15. The number of amides is 1. The van der Waals surface area contributed by atoms with Gasteiger partial charge in [0.25, 0.3) is 5.91 Å². The summed E-state index contributed by atoms with van der Waals surface area (Å²) >= 11 is 0. The normalized spacial score (nSPS) is 11.0. The van der Waals surface area contributed by atoms with E-state index in [1.807, 2.05) is 54.7 Å². The Labute approximate surface area is 167 Å². The number of primary amides is 1. The van der Waals surface area contributed by atoms with Crippen LogP contribution in [0.2, 0.25) is 0 Å². The van der Waals surface area contributed by atoms with Crippen LogP contribution in [0.4, 0.5) is 0 Å².